The molecule has 4 rings (SSSR count). The number of benzene rings is 3. The number of carbonyl (C=O) groups is 1. The highest BCUT2D eigenvalue weighted by Gasteiger charge is 2.33. The number of carbonyl (C=O) groups excluding carboxylic acids is 1. The minimum Gasteiger partial charge on any atom is -0.322 e. The average molecular weight is 513 g/mol. The van der Waals surface area contributed by atoms with E-state index in [9.17, 15) is 30.8 Å². The number of sulfonamides is 1. The normalized spacial score (nSPS) is 14.0. The molecule has 11 heteroatoms. The molecule has 0 atom stereocenters. The third kappa shape index (κ3) is 4.60. The lowest BCUT2D eigenvalue weighted by atomic mass is 10.0. The highest BCUT2D eigenvalue weighted by Crippen LogP contribution is 2.36. The van der Waals surface area contributed by atoms with Crippen LogP contribution < -0.4 is 9.62 Å². The molecular weight excluding hydrogens is 496 g/mol. The molecule has 1 amide bonds. The minimum atomic E-state index is -4.59. The first kappa shape index (κ1) is 24.0. The van der Waals surface area contributed by atoms with Gasteiger partial charge in [0.05, 0.1) is 26.7 Å². The van der Waals surface area contributed by atoms with Gasteiger partial charge in [-0.15, -0.1) is 0 Å². The Morgan fingerprint density at radius 3 is 2.38 bits per heavy atom. The fourth-order valence-corrected chi connectivity index (χ4v) is 5.50. The topological polar surface area (TPSA) is 66.5 Å². The number of hydrogen-bond donors (Lipinski definition) is 1. The standard InChI is InChI=1S/C23H17ClF4N2O3S/c24-18-4-1-5-19(25)21(18)22(31)29-16-9-6-14-3-2-12-30(20(14)13-16)34(32,33)17-10-7-15(8-11-17)23(26,27)28/h1,4-11,13H,2-3,12H2,(H,29,31). The van der Waals surface area contributed by atoms with Gasteiger partial charge in [-0.3, -0.25) is 9.10 Å². The molecule has 0 radical (unpaired) electrons. The highest BCUT2D eigenvalue weighted by atomic mass is 35.5. The summed E-state index contributed by atoms with van der Waals surface area (Å²) in [5.74, 6) is -1.62. The second-order valence-electron chi connectivity index (χ2n) is 7.60. The molecule has 1 aliphatic rings. The van der Waals surface area contributed by atoms with Crippen molar-refractivity contribution in [2.45, 2.75) is 23.9 Å². The van der Waals surface area contributed by atoms with Crippen LogP contribution in [-0.2, 0) is 22.6 Å². The van der Waals surface area contributed by atoms with Crippen molar-refractivity contribution in [1.82, 2.24) is 0 Å². The van der Waals surface area contributed by atoms with E-state index in [-0.39, 0.29) is 33.4 Å². The summed E-state index contributed by atoms with van der Waals surface area (Å²) in [5.41, 5.74) is -0.136. The molecule has 1 N–H and O–H groups in total. The van der Waals surface area contributed by atoms with Crippen LogP contribution in [0.4, 0.5) is 28.9 Å². The Kier molecular flexibility index (Phi) is 6.30. The van der Waals surface area contributed by atoms with Crippen LogP contribution in [0.2, 0.25) is 5.02 Å². The fraction of sp³-hybridized carbons (Fsp3) is 0.174. The number of nitrogens with one attached hydrogen (secondary N) is 1. The van der Waals surface area contributed by atoms with E-state index >= 15 is 0 Å². The van der Waals surface area contributed by atoms with Crippen molar-refractivity contribution in [2.75, 3.05) is 16.2 Å². The molecule has 3 aromatic carbocycles. The van der Waals surface area contributed by atoms with Gasteiger partial charge in [-0.25, -0.2) is 12.8 Å². The van der Waals surface area contributed by atoms with Crippen LogP contribution in [0.1, 0.15) is 27.9 Å². The maximum Gasteiger partial charge on any atom is 0.416 e. The van der Waals surface area contributed by atoms with E-state index in [2.05, 4.69) is 5.32 Å². The first-order valence-corrected chi connectivity index (χ1v) is 11.9. The number of rotatable bonds is 4. The van der Waals surface area contributed by atoms with Gasteiger partial charge in [0, 0.05) is 12.2 Å². The zero-order chi connectivity index (χ0) is 24.7. The lowest BCUT2D eigenvalue weighted by Crippen LogP contribution is -2.35. The van der Waals surface area contributed by atoms with Gasteiger partial charge >= 0.3 is 6.18 Å². The van der Waals surface area contributed by atoms with Gasteiger partial charge in [0.2, 0.25) is 0 Å². The fourth-order valence-electron chi connectivity index (χ4n) is 3.72. The molecule has 0 unspecified atom stereocenters. The van der Waals surface area contributed by atoms with Crippen LogP contribution in [0.25, 0.3) is 0 Å². The lowest BCUT2D eigenvalue weighted by Gasteiger charge is -2.31. The lowest BCUT2D eigenvalue weighted by molar-refractivity contribution is -0.137. The SMILES string of the molecule is O=C(Nc1ccc2c(c1)N(S(=O)(=O)c1ccc(C(F)(F)F)cc1)CCC2)c1c(F)cccc1Cl. The van der Waals surface area contributed by atoms with E-state index in [4.69, 9.17) is 11.6 Å². The summed E-state index contributed by atoms with van der Waals surface area (Å²) in [5, 5.41) is 2.43. The Morgan fingerprint density at radius 1 is 1.03 bits per heavy atom. The zero-order valence-electron chi connectivity index (χ0n) is 17.4. The van der Waals surface area contributed by atoms with Crippen molar-refractivity contribution in [1.29, 1.82) is 0 Å². The second-order valence-corrected chi connectivity index (χ2v) is 9.87. The van der Waals surface area contributed by atoms with E-state index in [0.717, 1.165) is 22.5 Å². The molecule has 0 saturated carbocycles. The maximum absolute atomic E-state index is 14.1. The number of nitrogens with zero attached hydrogens (tertiary/aromatic N) is 1. The van der Waals surface area contributed by atoms with Crippen molar-refractivity contribution in [3.8, 4) is 0 Å². The molecule has 1 heterocycles. The quantitative estimate of drug-likeness (QED) is 0.443. The van der Waals surface area contributed by atoms with Crippen molar-refractivity contribution < 1.29 is 30.8 Å². The summed E-state index contributed by atoms with van der Waals surface area (Å²) in [6.07, 6.45) is -3.51. The number of aryl methyl sites for hydroxylation is 1. The smallest absolute Gasteiger partial charge is 0.322 e. The van der Waals surface area contributed by atoms with Gasteiger partial charge in [-0.2, -0.15) is 13.2 Å². The number of halogens is 5. The summed E-state index contributed by atoms with van der Waals surface area (Å²) in [4.78, 5) is 12.3. The first-order valence-electron chi connectivity index (χ1n) is 10.1. The summed E-state index contributed by atoms with van der Waals surface area (Å²) < 4.78 is 80.3. The van der Waals surface area contributed by atoms with Crippen LogP contribution >= 0.6 is 11.6 Å². The van der Waals surface area contributed by atoms with Crippen molar-refractivity contribution >= 4 is 38.9 Å². The number of hydrogen-bond acceptors (Lipinski definition) is 3. The first-order chi connectivity index (χ1) is 16.0. The molecule has 5 nitrogen and oxygen atoms in total. The Labute approximate surface area is 198 Å². The number of amides is 1. The summed E-state index contributed by atoms with van der Waals surface area (Å²) in [7, 11) is -4.18. The van der Waals surface area contributed by atoms with Gasteiger partial charge in [-0.05, 0) is 66.9 Å². The Hall–Kier alpha value is -3.11. The average Bonchev–Trinajstić information content (AvgIpc) is 2.78. The third-order valence-electron chi connectivity index (χ3n) is 5.38. The predicted molar refractivity (Wildman–Crippen MR) is 120 cm³/mol. The predicted octanol–water partition coefficient (Wildman–Crippen LogP) is 5.89. The van der Waals surface area contributed by atoms with E-state index < -0.39 is 33.5 Å². The summed E-state index contributed by atoms with van der Waals surface area (Å²) in [6.45, 7) is 0.104. The molecule has 178 valence electrons. The molecule has 3 aromatic rings. The van der Waals surface area contributed by atoms with Gasteiger partial charge < -0.3 is 5.32 Å². The number of alkyl halides is 3. The van der Waals surface area contributed by atoms with E-state index in [0.29, 0.717) is 30.5 Å². The van der Waals surface area contributed by atoms with Gasteiger partial charge in [-0.1, -0.05) is 23.7 Å². The van der Waals surface area contributed by atoms with Gasteiger partial charge in [0.25, 0.3) is 15.9 Å². The van der Waals surface area contributed by atoms with E-state index in [1.807, 2.05) is 0 Å². The van der Waals surface area contributed by atoms with Crippen molar-refractivity contribution in [3.63, 3.8) is 0 Å². The molecule has 0 aliphatic carbocycles. The van der Waals surface area contributed by atoms with Crippen LogP contribution in [0, 0.1) is 5.82 Å². The van der Waals surface area contributed by atoms with E-state index in [1.165, 1.54) is 18.2 Å². The molecule has 0 aromatic heterocycles. The van der Waals surface area contributed by atoms with Crippen molar-refractivity contribution in [3.05, 3.63) is 88.2 Å². The highest BCUT2D eigenvalue weighted by molar-refractivity contribution is 7.92. The molecular formula is C23H17ClF4N2O3S. The van der Waals surface area contributed by atoms with Gasteiger partial charge in [0.1, 0.15) is 5.82 Å². The molecule has 34 heavy (non-hydrogen) atoms. The van der Waals surface area contributed by atoms with Crippen LogP contribution in [0.15, 0.2) is 65.6 Å². The zero-order valence-corrected chi connectivity index (χ0v) is 18.9. The molecule has 1 aliphatic heterocycles. The maximum atomic E-state index is 14.1. The number of anilines is 2. The Morgan fingerprint density at radius 2 is 1.74 bits per heavy atom. The Balaban J connectivity index is 1.66. The minimum absolute atomic E-state index is 0.0815. The molecule has 0 spiro atoms. The van der Waals surface area contributed by atoms with Crippen LogP contribution in [0.5, 0.6) is 0 Å². The van der Waals surface area contributed by atoms with Crippen molar-refractivity contribution in [2.24, 2.45) is 0 Å². The van der Waals surface area contributed by atoms with E-state index in [1.54, 1.807) is 12.1 Å². The largest absolute Gasteiger partial charge is 0.416 e. The Bertz CT molecular complexity index is 1340. The number of fused-ring (bicyclic) bond motifs is 1. The van der Waals surface area contributed by atoms with Crippen LogP contribution in [0.3, 0.4) is 0 Å². The third-order valence-corrected chi connectivity index (χ3v) is 7.52. The van der Waals surface area contributed by atoms with Gasteiger partial charge in [0.15, 0.2) is 0 Å². The summed E-state index contributed by atoms with van der Waals surface area (Å²) >= 11 is 5.94. The van der Waals surface area contributed by atoms with Crippen LogP contribution in [-0.4, -0.2) is 20.9 Å². The molecule has 0 bridgehead atoms. The molecule has 0 saturated heterocycles. The monoisotopic (exact) mass is 512 g/mol. The summed E-state index contributed by atoms with van der Waals surface area (Å²) in [6, 6.07) is 11.7. The second kappa shape index (κ2) is 8.92. The molecule has 0 fully saturated rings.